The van der Waals surface area contributed by atoms with Gasteiger partial charge in [0.25, 0.3) is 0 Å². The second-order valence-electron chi connectivity index (χ2n) is 6.31. The first-order valence-electron chi connectivity index (χ1n) is 7.46. The minimum atomic E-state index is -1.72. The molecule has 0 radical (unpaired) electrons. The molecular weight excluding hydrogens is 298 g/mol. The van der Waals surface area contributed by atoms with E-state index in [1.807, 2.05) is 24.3 Å². The zero-order valence-corrected chi connectivity index (χ0v) is 14.7. The van der Waals surface area contributed by atoms with Crippen LogP contribution in [-0.2, 0) is 11.1 Å². The minimum absolute atomic E-state index is 0.0808. The summed E-state index contributed by atoms with van der Waals surface area (Å²) in [5, 5.41) is 3.43. The molecule has 124 valence electrons. The molecule has 1 unspecified atom stereocenters. The second-order valence-corrected chi connectivity index (χ2v) is 7.36. The smallest absolute Gasteiger partial charge is 0.152 e. The molecule has 5 heteroatoms. The standard InChI is InChI=1S/C17H27NO3S/c1-17(2,3)11-10-16(18-12-5-13-22(19)20)14-6-8-15(21-4)9-7-14/h6-11,16,18H,5,12-13H2,1-4H3,(H,19,20)/b11-10+/t16-/m0/s1. The number of benzene rings is 1. The molecule has 0 aliphatic carbocycles. The summed E-state index contributed by atoms with van der Waals surface area (Å²) in [6.07, 6.45) is 5.00. The van der Waals surface area contributed by atoms with Crippen LogP contribution in [0.15, 0.2) is 36.4 Å². The number of rotatable bonds is 8. The van der Waals surface area contributed by atoms with E-state index in [9.17, 15) is 4.21 Å². The first kappa shape index (κ1) is 18.9. The molecular formula is C17H27NO3S. The fourth-order valence-corrected chi connectivity index (χ4v) is 2.34. The van der Waals surface area contributed by atoms with Crippen LogP contribution in [0.4, 0.5) is 0 Å². The van der Waals surface area contributed by atoms with Gasteiger partial charge in [0.05, 0.1) is 18.9 Å². The summed E-state index contributed by atoms with van der Waals surface area (Å²) >= 11 is -1.72. The van der Waals surface area contributed by atoms with Gasteiger partial charge in [-0.3, -0.25) is 0 Å². The lowest BCUT2D eigenvalue weighted by Crippen LogP contribution is -2.22. The Morgan fingerprint density at radius 3 is 2.45 bits per heavy atom. The largest absolute Gasteiger partial charge is 0.497 e. The van der Waals surface area contributed by atoms with Crippen molar-refractivity contribution in [2.24, 2.45) is 5.41 Å². The topological polar surface area (TPSA) is 58.6 Å². The number of nitrogens with one attached hydrogen (secondary N) is 1. The molecule has 2 N–H and O–H groups in total. The molecule has 1 rings (SSSR count). The van der Waals surface area contributed by atoms with Crippen molar-refractivity contribution in [2.45, 2.75) is 33.2 Å². The SMILES string of the molecule is COc1ccc([C@H](/C=C/C(C)(C)C)NCCCS(=O)O)cc1. The lowest BCUT2D eigenvalue weighted by Gasteiger charge is -2.19. The van der Waals surface area contributed by atoms with Crippen molar-refractivity contribution >= 4 is 11.1 Å². The minimum Gasteiger partial charge on any atom is -0.497 e. The van der Waals surface area contributed by atoms with Crippen LogP contribution in [-0.4, -0.2) is 28.2 Å². The van der Waals surface area contributed by atoms with E-state index in [0.717, 1.165) is 11.3 Å². The maximum absolute atomic E-state index is 10.7. The Morgan fingerprint density at radius 1 is 1.32 bits per heavy atom. The van der Waals surface area contributed by atoms with Crippen molar-refractivity contribution < 1.29 is 13.5 Å². The highest BCUT2D eigenvalue weighted by Gasteiger charge is 2.11. The maximum atomic E-state index is 10.7. The Bertz CT molecular complexity index is 492. The molecule has 0 saturated heterocycles. The number of methoxy groups -OCH3 is 1. The van der Waals surface area contributed by atoms with E-state index in [-0.39, 0.29) is 11.5 Å². The van der Waals surface area contributed by atoms with Crippen LogP contribution in [0.3, 0.4) is 0 Å². The second kappa shape index (κ2) is 9.08. The Morgan fingerprint density at radius 2 is 1.95 bits per heavy atom. The van der Waals surface area contributed by atoms with Crippen LogP contribution in [0.1, 0.15) is 38.8 Å². The van der Waals surface area contributed by atoms with Crippen molar-refractivity contribution in [3.8, 4) is 5.75 Å². The molecule has 0 heterocycles. The normalized spacial score (nSPS) is 15.0. The molecule has 2 atom stereocenters. The van der Waals surface area contributed by atoms with E-state index in [0.29, 0.717) is 18.7 Å². The third-order valence-electron chi connectivity index (χ3n) is 3.12. The maximum Gasteiger partial charge on any atom is 0.152 e. The van der Waals surface area contributed by atoms with E-state index < -0.39 is 11.1 Å². The van der Waals surface area contributed by atoms with E-state index in [4.69, 9.17) is 9.29 Å². The molecule has 0 fully saturated rings. The van der Waals surface area contributed by atoms with Crippen LogP contribution in [0.5, 0.6) is 5.75 Å². The Kier molecular flexibility index (Phi) is 7.79. The molecule has 0 saturated carbocycles. The predicted octanol–water partition coefficient (Wildman–Crippen LogP) is 3.54. The summed E-state index contributed by atoms with van der Waals surface area (Å²) in [4.78, 5) is 0. The quantitative estimate of drug-likeness (QED) is 0.436. The fourth-order valence-electron chi connectivity index (χ4n) is 1.95. The lowest BCUT2D eigenvalue weighted by atomic mass is 9.94. The first-order chi connectivity index (χ1) is 10.3. The molecule has 22 heavy (non-hydrogen) atoms. The summed E-state index contributed by atoms with van der Waals surface area (Å²) in [5.41, 5.74) is 1.25. The average molecular weight is 325 g/mol. The fraction of sp³-hybridized carbons (Fsp3) is 0.529. The van der Waals surface area contributed by atoms with Crippen LogP contribution >= 0.6 is 0 Å². The van der Waals surface area contributed by atoms with Crippen molar-refractivity contribution in [2.75, 3.05) is 19.4 Å². The molecule has 4 nitrogen and oxygen atoms in total. The van der Waals surface area contributed by atoms with E-state index in [2.05, 4.69) is 38.2 Å². The van der Waals surface area contributed by atoms with Gasteiger partial charge in [0.1, 0.15) is 5.75 Å². The summed E-state index contributed by atoms with van der Waals surface area (Å²) in [6.45, 7) is 7.16. The molecule has 0 bridgehead atoms. The van der Waals surface area contributed by atoms with Gasteiger partial charge in [0.15, 0.2) is 11.1 Å². The van der Waals surface area contributed by atoms with Gasteiger partial charge >= 0.3 is 0 Å². The molecule has 1 aromatic carbocycles. The highest BCUT2D eigenvalue weighted by atomic mass is 32.2. The highest BCUT2D eigenvalue weighted by molar-refractivity contribution is 7.79. The summed E-state index contributed by atoms with van der Waals surface area (Å²) in [7, 11) is 1.65. The number of allylic oxidation sites excluding steroid dienone is 1. The molecule has 0 spiro atoms. The van der Waals surface area contributed by atoms with Gasteiger partial charge in [-0.1, -0.05) is 45.1 Å². The Labute approximate surface area is 136 Å². The van der Waals surface area contributed by atoms with E-state index >= 15 is 0 Å². The predicted molar refractivity (Wildman–Crippen MR) is 92.6 cm³/mol. The van der Waals surface area contributed by atoms with E-state index in [1.54, 1.807) is 7.11 Å². The monoisotopic (exact) mass is 325 g/mol. The van der Waals surface area contributed by atoms with Crippen LogP contribution in [0.25, 0.3) is 0 Å². The number of hydrogen-bond donors (Lipinski definition) is 2. The van der Waals surface area contributed by atoms with Gasteiger partial charge in [-0.05, 0) is 36.1 Å². The van der Waals surface area contributed by atoms with Crippen molar-refractivity contribution in [3.63, 3.8) is 0 Å². The molecule has 1 aromatic rings. The Balaban J connectivity index is 2.76. The zero-order chi connectivity index (χ0) is 16.6. The van der Waals surface area contributed by atoms with Gasteiger partial charge in [-0.25, -0.2) is 4.21 Å². The third-order valence-corrected chi connectivity index (χ3v) is 3.76. The third kappa shape index (κ3) is 7.73. The zero-order valence-electron chi connectivity index (χ0n) is 13.8. The van der Waals surface area contributed by atoms with Gasteiger partial charge in [-0.2, -0.15) is 0 Å². The molecule has 0 aliphatic heterocycles. The molecule has 0 aliphatic rings. The van der Waals surface area contributed by atoms with Crippen LogP contribution in [0, 0.1) is 5.41 Å². The summed E-state index contributed by atoms with van der Waals surface area (Å²) in [6, 6.07) is 8.04. The number of hydrogen-bond acceptors (Lipinski definition) is 3. The van der Waals surface area contributed by atoms with Crippen molar-refractivity contribution in [3.05, 3.63) is 42.0 Å². The first-order valence-corrected chi connectivity index (χ1v) is 8.73. The highest BCUT2D eigenvalue weighted by Crippen LogP contribution is 2.22. The summed E-state index contributed by atoms with van der Waals surface area (Å²) in [5.74, 6) is 1.13. The summed E-state index contributed by atoms with van der Waals surface area (Å²) < 4.78 is 24.7. The van der Waals surface area contributed by atoms with Crippen molar-refractivity contribution in [1.82, 2.24) is 5.32 Å². The van der Waals surface area contributed by atoms with Crippen LogP contribution in [0.2, 0.25) is 0 Å². The Hall–Kier alpha value is -1.17. The molecule has 0 amide bonds. The molecule has 0 aromatic heterocycles. The van der Waals surface area contributed by atoms with Gasteiger partial charge in [-0.15, -0.1) is 0 Å². The van der Waals surface area contributed by atoms with Crippen molar-refractivity contribution in [1.29, 1.82) is 0 Å². The van der Waals surface area contributed by atoms with Gasteiger partial charge in [0.2, 0.25) is 0 Å². The lowest BCUT2D eigenvalue weighted by molar-refractivity contribution is 0.414. The van der Waals surface area contributed by atoms with E-state index in [1.165, 1.54) is 0 Å². The average Bonchev–Trinajstić information content (AvgIpc) is 2.45. The van der Waals surface area contributed by atoms with Crippen LogP contribution < -0.4 is 10.1 Å². The van der Waals surface area contributed by atoms with Gasteiger partial charge in [0, 0.05) is 0 Å². The number of ether oxygens (including phenoxy) is 1. The van der Waals surface area contributed by atoms with Gasteiger partial charge < -0.3 is 14.6 Å².